The fraction of sp³-hybridized carbons (Fsp3) is 0.300. The molecule has 0 bridgehead atoms. The van der Waals surface area contributed by atoms with Gasteiger partial charge in [-0.3, -0.25) is 9.69 Å². The second-order valence-corrected chi connectivity index (χ2v) is 6.25. The number of anilines is 1. The summed E-state index contributed by atoms with van der Waals surface area (Å²) in [5.41, 5.74) is 1.84. The van der Waals surface area contributed by atoms with Crippen molar-refractivity contribution in [3.63, 3.8) is 0 Å². The number of nitrogens with zero attached hydrogens (tertiary/aromatic N) is 2. The summed E-state index contributed by atoms with van der Waals surface area (Å²) in [4.78, 5) is 28.1. The van der Waals surface area contributed by atoms with Crippen LogP contribution in [0.5, 0.6) is 5.75 Å². The number of benzene rings is 2. The van der Waals surface area contributed by atoms with Gasteiger partial charge in [0.05, 0.1) is 13.2 Å². The van der Waals surface area contributed by atoms with E-state index in [2.05, 4.69) is 5.32 Å². The van der Waals surface area contributed by atoms with Crippen molar-refractivity contribution in [2.45, 2.75) is 13.0 Å². The summed E-state index contributed by atoms with van der Waals surface area (Å²) >= 11 is 0. The van der Waals surface area contributed by atoms with Crippen molar-refractivity contribution >= 4 is 17.6 Å². The lowest BCUT2D eigenvalue weighted by atomic mass is 10.1. The van der Waals surface area contributed by atoms with Gasteiger partial charge in [0.15, 0.2) is 0 Å². The first-order chi connectivity index (χ1) is 12.6. The van der Waals surface area contributed by atoms with Crippen LogP contribution in [-0.2, 0) is 4.79 Å². The molecule has 26 heavy (non-hydrogen) atoms. The molecule has 1 fully saturated rings. The van der Waals surface area contributed by atoms with Gasteiger partial charge in [-0.1, -0.05) is 30.3 Å². The molecule has 0 spiro atoms. The molecule has 6 nitrogen and oxygen atoms in total. The Labute approximate surface area is 153 Å². The Kier molecular flexibility index (Phi) is 5.41. The van der Waals surface area contributed by atoms with Crippen LogP contribution in [0.3, 0.4) is 0 Å². The van der Waals surface area contributed by atoms with Crippen LogP contribution in [0.2, 0.25) is 0 Å². The number of carbonyl (C=O) groups is 2. The summed E-state index contributed by atoms with van der Waals surface area (Å²) < 4.78 is 5.14. The second-order valence-electron chi connectivity index (χ2n) is 6.25. The van der Waals surface area contributed by atoms with Crippen LogP contribution in [0.25, 0.3) is 0 Å². The van der Waals surface area contributed by atoms with Crippen molar-refractivity contribution in [3.05, 3.63) is 60.2 Å². The number of rotatable bonds is 6. The molecule has 1 heterocycles. The number of nitrogens with one attached hydrogen (secondary N) is 1. The van der Waals surface area contributed by atoms with Crippen molar-refractivity contribution in [2.24, 2.45) is 0 Å². The number of hydrogen-bond acceptors (Lipinski definition) is 3. The van der Waals surface area contributed by atoms with E-state index in [9.17, 15) is 9.59 Å². The molecule has 0 saturated carbocycles. The molecule has 1 saturated heterocycles. The van der Waals surface area contributed by atoms with Gasteiger partial charge in [-0.25, -0.2) is 4.79 Å². The topological polar surface area (TPSA) is 61.9 Å². The van der Waals surface area contributed by atoms with E-state index >= 15 is 0 Å². The summed E-state index contributed by atoms with van der Waals surface area (Å²) in [6.07, 6.45) is 0. The molecule has 0 radical (unpaired) electrons. The Bertz CT molecular complexity index is 762. The maximum absolute atomic E-state index is 12.6. The minimum absolute atomic E-state index is 0.0582. The molecule has 6 heteroatoms. The first-order valence-electron chi connectivity index (χ1n) is 8.63. The average molecular weight is 353 g/mol. The van der Waals surface area contributed by atoms with Crippen LogP contribution in [0.4, 0.5) is 10.5 Å². The standard InChI is InChI=1S/C20H23N3O3/c1-15(16-6-4-3-5-7-16)21-19(24)14-22-12-13-23(20(22)25)17-8-10-18(26-2)11-9-17/h3-11,15H,12-14H2,1-2H3,(H,21,24). The minimum Gasteiger partial charge on any atom is -0.497 e. The third-order valence-corrected chi connectivity index (χ3v) is 4.49. The molecule has 1 unspecified atom stereocenters. The molecule has 2 aromatic rings. The third kappa shape index (κ3) is 3.96. The van der Waals surface area contributed by atoms with Crippen LogP contribution < -0.4 is 15.0 Å². The van der Waals surface area contributed by atoms with E-state index in [0.717, 1.165) is 17.0 Å². The first-order valence-corrected chi connectivity index (χ1v) is 8.63. The van der Waals surface area contributed by atoms with Crippen LogP contribution in [-0.4, -0.2) is 43.6 Å². The first kappa shape index (κ1) is 17.8. The molecule has 0 aromatic heterocycles. The van der Waals surface area contributed by atoms with Crippen molar-refractivity contribution in [2.75, 3.05) is 31.6 Å². The third-order valence-electron chi connectivity index (χ3n) is 4.49. The van der Waals surface area contributed by atoms with E-state index in [1.165, 1.54) is 0 Å². The zero-order valence-electron chi connectivity index (χ0n) is 15.0. The van der Waals surface area contributed by atoms with Crippen molar-refractivity contribution in [1.29, 1.82) is 0 Å². The largest absolute Gasteiger partial charge is 0.497 e. The van der Waals surface area contributed by atoms with Crippen molar-refractivity contribution in [1.82, 2.24) is 10.2 Å². The summed E-state index contributed by atoms with van der Waals surface area (Å²) in [6, 6.07) is 16.8. The molecule has 1 aliphatic heterocycles. The zero-order chi connectivity index (χ0) is 18.5. The van der Waals surface area contributed by atoms with Gasteiger partial charge in [0, 0.05) is 18.8 Å². The van der Waals surface area contributed by atoms with E-state index in [1.807, 2.05) is 61.5 Å². The second kappa shape index (κ2) is 7.91. The Morgan fingerprint density at radius 2 is 1.81 bits per heavy atom. The van der Waals surface area contributed by atoms with Crippen LogP contribution in [0, 0.1) is 0 Å². The fourth-order valence-electron chi connectivity index (χ4n) is 3.02. The van der Waals surface area contributed by atoms with E-state index in [1.54, 1.807) is 16.9 Å². The average Bonchev–Trinajstić information content (AvgIpc) is 3.02. The summed E-state index contributed by atoms with van der Waals surface area (Å²) in [6.45, 7) is 3.08. The Balaban J connectivity index is 1.57. The van der Waals surface area contributed by atoms with Crippen LogP contribution in [0.15, 0.2) is 54.6 Å². The fourth-order valence-corrected chi connectivity index (χ4v) is 3.02. The molecule has 0 aliphatic carbocycles. The highest BCUT2D eigenvalue weighted by Crippen LogP contribution is 2.23. The molecule has 3 rings (SSSR count). The summed E-state index contributed by atoms with van der Waals surface area (Å²) in [5.74, 6) is 0.581. The lowest BCUT2D eigenvalue weighted by molar-refractivity contribution is -0.122. The Hall–Kier alpha value is -3.02. The van der Waals surface area contributed by atoms with Crippen LogP contribution in [0.1, 0.15) is 18.5 Å². The predicted octanol–water partition coefficient (Wildman–Crippen LogP) is 2.81. The normalized spacial score (nSPS) is 15.1. The van der Waals surface area contributed by atoms with E-state index in [-0.39, 0.29) is 24.5 Å². The number of ether oxygens (including phenoxy) is 1. The monoisotopic (exact) mass is 353 g/mol. The number of methoxy groups -OCH3 is 1. The van der Waals surface area contributed by atoms with Gasteiger partial charge in [-0.2, -0.15) is 0 Å². The molecular formula is C20H23N3O3. The SMILES string of the molecule is COc1ccc(N2CCN(CC(=O)NC(C)c3ccccc3)C2=O)cc1. The van der Waals surface area contributed by atoms with Gasteiger partial charge in [0.2, 0.25) is 5.91 Å². The highest BCUT2D eigenvalue weighted by molar-refractivity contribution is 5.96. The lowest BCUT2D eigenvalue weighted by Gasteiger charge is -2.20. The lowest BCUT2D eigenvalue weighted by Crippen LogP contribution is -2.40. The van der Waals surface area contributed by atoms with Crippen molar-refractivity contribution < 1.29 is 14.3 Å². The van der Waals surface area contributed by atoms with Gasteiger partial charge < -0.3 is 15.0 Å². The maximum Gasteiger partial charge on any atom is 0.325 e. The van der Waals surface area contributed by atoms with Gasteiger partial charge >= 0.3 is 6.03 Å². The van der Waals surface area contributed by atoms with E-state index in [0.29, 0.717) is 13.1 Å². The van der Waals surface area contributed by atoms with Gasteiger partial charge in [-0.15, -0.1) is 0 Å². The van der Waals surface area contributed by atoms with E-state index < -0.39 is 0 Å². The molecule has 1 N–H and O–H groups in total. The highest BCUT2D eigenvalue weighted by Gasteiger charge is 2.31. The smallest absolute Gasteiger partial charge is 0.325 e. The van der Waals surface area contributed by atoms with Gasteiger partial charge in [-0.05, 0) is 36.8 Å². The number of hydrogen-bond donors (Lipinski definition) is 1. The Morgan fingerprint density at radius 1 is 1.12 bits per heavy atom. The van der Waals surface area contributed by atoms with Gasteiger partial charge in [0.1, 0.15) is 12.3 Å². The number of urea groups is 1. The minimum atomic E-state index is -0.161. The Morgan fingerprint density at radius 3 is 2.46 bits per heavy atom. The summed E-state index contributed by atoms with van der Waals surface area (Å²) in [5, 5.41) is 2.95. The number of carbonyl (C=O) groups excluding carboxylic acids is 2. The van der Waals surface area contributed by atoms with Crippen LogP contribution >= 0.6 is 0 Å². The predicted molar refractivity (Wildman–Crippen MR) is 100 cm³/mol. The molecule has 3 amide bonds. The van der Waals surface area contributed by atoms with E-state index in [4.69, 9.17) is 4.74 Å². The molecule has 1 aliphatic rings. The number of amides is 3. The molecular weight excluding hydrogens is 330 g/mol. The van der Waals surface area contributed by atoms with Crippen molar-refractivity contribution in [3.8, 4) is 5.75 Å². The highest BCUT2D eigenvalue weighted by atomic mass is 16.5. The molecule has 1 atom stereocenters. The maximum atomic E-state index is 12.6. The molecule has 136 valence electrons. The van der Waals surface area contributed by atoms with Gasteiger partial charge in [0.25, 0.3) is 0 Å². The molecule has 2 aromatic carbocycles. The quantitative estimate of drug-likeness (QED) is 0.869. The zero-order valence-corrected chi connectivity index (χ0v) is 15.0. The summed E-state index contributed by atoms with van der Waals surface area (Å²) in [7, 11) is 1.60.